The predicted molar refractivity (Wildman–Crippen MR) is 63.0 cm³/mol. The van der Waals surface area contributed by atoms with Gasteiger partial charge in [-0.05, 0) is 32.9 Å². The molecule has 0 radical (unpaired) electrons. The molecule has 4 nitrogen and oxygen atoms in total. The highest BCUT2D eigenvalue weighted by Crippen LogP contribution is 2.07. The Hall–Kier alpha value is -1.84. The molecule has 86 valence electrons. The van der Waals surface area contributed by atoms with Crippen molar-refractivity contribution in [2.75, 3.05) is 0 Å². The van der Waals surface area contributed by atoms with Crippen LogP contribution in [-0.4, -0.2) is 22.0 Å². The lowest BCUT2D eigenvalue weighted by Gasteiger charge is -2.14. The lowest BCUT2D eigenvalue weighted by atomic mass is 10.2. The molecule has 0 atom stereocenters. The third kappa shape index (κ3) is 4.13. The maximum Gasteiger partial charge on any atom is 0.293 e. The molecular formula is C12H16N2O2. The van der Waals surface area contributed by atoms with Crippen molar-refractivity contribution in [3.8, 4) is 0 Å². The van der Waals surface area contributed by atoms with Gasteiger partial charge in [-0.2, -0.15) is 0 Å². The summed E-state index contributed by atoms with van der Waals surface area (Å²) in [6, 6.07) is 4.00. The van der Waals surface area contributed by atoms with E-state index >= 15 is 0 Å². The monoisotopic (exact) mass is 220 g/mol. The largest absolute Gasteiger partial charge is 0.462 e. The van der Waals surface area contributed by atoms with Gasteiger partial charge in [0.15, 0.2) is 0 Å². The molecule has 16 heavy (non-hydrogen) atoms. The number of carbonyl (C=O) groups excluding carboxylic acids is 1. The van der Waals surface area contributed by atoms with Crippen LogP contribution in [0.1, 0.15) is 20.8 Å². The molecule has 0 spiro atoms. The third-order valence-electron chi connectivity index (χ3n) is 1.76. The summed E-state index contributed by atoms with van der Waals surface area (Å²) in [4.78, 5) is 16.6. The van der Waals surface area contributed by atoms with E-state index < -0.39 is 0 Å². The molecule has 1 N–H and O–H groups in total. The first kappa shape index (κ1) is 12.2. The number of aromatic nitrogens is 2. The van der Waals surface area contributed by atoms with Gasteiger partial charge in [0.2, 0.25) is 0 Å². The van der Waals surface area contributed by atoms with E-state index in [2.05, 4.69) is 14.7 Å². The van der Waals surface area contributed by atoms with Crippen LogP contribution in [0.5, 0.6) is 0 Å². The van der Waals surface area contributed by atoms with E-state index in [0.717, 1.165) is 5.52 Å². The van der Waals surface area contributed by atoms with Crippen molar-refractivity contribution in [3.63, 3.8) is 0 Å². The van der Waals surface area contributed by atoms with Crippen LogP contribution < -0.4 is 0 Å². The number of hydrogen-bond acceptors (Lipinski definition) is 3. The second-order valence-electron chi connectivity index (χ2n) is 4.27. The molecule has 0 aromatic carbocycles. The number of rotatable bonds is 1. The first-order valence-electron chi connectivity index (χ1n) is 5.01. The van der Waals surface area contributed by atoms with E-state index in [0.29, 0.717) is 6.47 Å². The average molecular weight is 220 g/mol. The quantitative estimate of drug-likeness (QED) is 0.751. The van der Waals surface area contributed by atoms with Gasteiger partial charge in [-0.1, -0.05) is 0 Å². The SMILES string of the molecule is CC(C)(C)OC=O.c1cc2cc[nH]c2cn1. The maximum atomic E-state index is 9.60. The zero-order valence-corrected chi connectivity index (χ0v) is 9.73. The number of H-pyrrole nitrogens is 1. The molecule has 0 unspecified atom stereocenters. The average Bonchev–Trinajstić information content (AvgIpc) is 2.64. The van der Waals surface area contributed by atoms with Gasteiger partial charge in [0.1, 0.15) is 5.60 Å². The Morgan fingerprint density at radius 2 is 2.12 bits per heavy atom. The van der Waals surface area contributed by atoms with Gasteiger partial charge >= 0.3 is 0 Å². The fourth-order valence-electron chi connectivity index (χ4n) is 1.04. The number of pyridine rings is 1. The molecule has 0 aliphatic heterocycles. The van der Waals surface area contributed by atoms with Crippen molar-refractivity contribution >= 4 is 17.4 Å². The molecule has 2 heterocycles. The number of carbonyl (C=O) groups is 1. The number of aromatic amines is 1. The molecule has 0 aliphatic carbocycles. The number of hydrogen-bond donors (Lipinski definition) is 1. The normalized spacial score (nSPS) is 10.4. The summed E-state index contributed by atoms with van der Waals surface area (Å²) in [7, 11) is 0. The standard InChI is InChI=1S/C7H6N2.C5H10O2/c1-3-8-5-7-6(1)2-4-9-7;1-5(2,3)7-4-6/h1-5,9H;4H,1-3H3. The molecule has 0 saturated carbocycles. The summed E-state index contributed by atoms with van der Waals surface area (Å²) in [5.74, 6) is 0. The van der Waals surface area contributed by atoms with E-state index in [4.69, 9.17) is 0 Å². The van der Waals surface area contributed by atoms with Crippen molar-refractivity contribution in [2.24, 2.45) is 0 Å². The molecule has 4 heteroatoms. The molecule has 0 saturated heterocycles. The first-order chi connectivity index (χ1) is 7.53. The minimum Gasteiger partial charge on any atom is -0.462 e. The summed E-state index contributed by atoms with van der Waals surface area (Å²) < 4.78 is 4.55. The van der Waals surface area contributed by atoms with Crippen molar-refractivity contribution < 1.29 is 9.53 Å². The molecule has 0 bridgehead atoms. The van der Waals surface area contributed by atoms with Crippen LogP contribution in [0.25, 0.3) is 10.9 Å². The van der Waals surface area contributed by atoms with Crippen LogP contribution in [0.4, 0.5) is 0 Å². The summed E-state index contributed by atoms with van der Waals surface area (Å²) >= 11 is 0. The first-order valence-corrected chi connectivity index (χ1v) is 5.01. The van der Waals surface area contributed by atoms with Crippen molar-refractivity contribution in [2.45, 2.75) is 26.4 Å². The summed E-state index contributed by atoms with van der Waals surface area (Å²) in [6.07, 6.45) is 5.51. The Morgan fingerprint density at radius 3 is 2.62 bits per heavy atom. The highest BCUT2D eigenvalue weighted by molar-refractivity contribution is 5.77. The van der Waals surface area contributed by atoms with E-state index in [1.807, 2.05) is 45.3 Å². The molecule has 2 aromatic rings. The van der Waals surface area contributed by atoms with Gasteiger partial charge in [0.05, 0.1) is 11.7 Å². The predicted octanol–water partition coefficient (Wildman–Crippen LogP) is 2.52. The lowest BCUT2D eigenvalue weighted by Crippen LogP contribution is -2.17. The number of ether oxygens (including phenoxy) is 1. The van der Waals surface area contributed by atoms with E-state index in [1.165, 1.54) is 5.39 Å². The molecule has 2 aromatic heterocycles. The Balaban J connectivity index is 0.000000168. The number of fused-ring (bicyclic) bond motifs is 1. The Bertz CT molecular complexity index is 413. The Morgan fingerprint density at radius 1 is 1.38 bits per heavy atom. The van der Waals surface area contributed by atoms with Crippen LogP contribution in [0.3, 0.4) is 0 Å². The van der Waals surface area contributed by atoms with E-state index in [9.17, 15) is 4.79 Å². The summed E-state index contributed by atoms with van der Waals surface area (Å²) in [6.45, 7) is 5.92. The van der Waals surface area contributed by atoms with Gasteiger partial charge in [0, 0.05) is 17.8 Å². The molecule has 0 amide bonds. The zero-order chi connectivity index (χ0) is 12.0. The number of nitrogens with zero attached hydrogens (tertiary/aromatic N) is 1. The summed E-state index contributed by atoms with van der Waals surface area (Å²) in [5.41, 5.74) is 0.777. The van der Waals surface area contributed by atoms with Crippen molar-refractivity contribution in [3.05, 3.63) is 30.7 Å². The number of nitrogens with one attached hydrogen (secondary N) is 1. The van der Waals surface area contributed by atoms with Gasteiger partial charge in [-0.25, -0.2) is 0 Å². The minimum absolute atomic E-state index is 0.318. The van der Waals surface area contributed by atoms with E-state index in [1.54, 1.807) is 6.20 Å². The molecule has 0 fully saturated rings. The minimum atomic E-state index is -0.318. The fraction of sp³-hybridized carbons (Fsp3) is 0.333. The molecule has 2 rings (SSSR count). The Kier molecular flexibility index (Phi) is 4.05. The highest BCUT2D eigenvalue weighted by atomic mass is 16.5. The van der Waals surface area contributed by atoms with Gasteiger partial charge in [-0.3, -0.25) is 9.78 Å². The lowest BCUT2D eigenvalue weighted by molar-refractivity contribution is -0.138. The Labute approximate surface area is 94.6 Å². The van der Waals surface area contributed by atoms with Crippen LogP contribution in [0.15, 0.2) is 30.7 Å². The molecular weight excluding hydrogens is 204 g/mol. The topological polar surface area (TPSA) is 55.0 Å². The van der Waals surface area contributed by atoms with Crippen LogP contribution in [0, 0.1) is 0 Å². The zero-order valence-electron chi connectivity index (χ0n) is 9.73. The van der Waals surface area contributed by atoms with Crippen molar-refractivity contribution in [1.82, 2.24) is 9.97 Å². The van der Waals surface area contributed by atoms with Crippen LogP contribution >= 0.6 is 0 Å². The second-order valence-corrected chi connectivity index (χ2v) is 4.27. The smallest absolute Gasteiger partial charge is 0.293 e. The molecule has 0 aliphatic rings. The highest BCUT2D eigenvalue weighted by Gasteiger charge is 2.07. The van der Waals surface area contributed by atoms with Crippen LogP contribution in [0.2, 0.25) is 0 Å². The van der Waals surface area contributed by atoms with Gasteiger partial charge in [0.25, 0.3) is 6.47 Å². The maximum absolute atomic E-state index is 9.60. The summed E-state index contributed by atoms with van der Waals surface area (Å²) in [5, 5.41) is 1.21. The van der Waals surface area contributed by atoms with Gasteiger partial charge in [-0.15, -0.1) is 0 Å². The second kappa shape index (κ2) is 5.30. The van der Waals surface area contributed by atoms with Crippen LogP contribution in [-0.2, 0) is 9.53 Å². The van der Waals surface area contributed by atoms with Crippen molar-refractivity contribution in [1.29, 1.82) is 0 Å². The third-order valence-corrected chi connectivity index (χ3v) is 1.76. The van der Waals surface area contributed by atoms with Gasteiger partial charge < -0.3 is 9.72 Å². The fourth-order valence-corrected chi connectivity index (χ4v) is 1.04. The van der Waals surface area contributed by atoms with E-state index in [-0.39, 0.29) is 5.60 Å².